The minimum absolute atomic E-state index is 0.174. The van der Waals surface area contributed by atoms with Crippen LogP contribution in [0.5, 0.6) is 0 Å². The Balaban J connectivity index is 1.70. The highest BCUT2D eigenvalue weighted by Crippen LogP contribution is 2.40. The SMILES string of the molecule is COC(=O)CCN1C(=S)N[C@H](c2ccccn2)[C@H]1c1ccc(-c2ccc(C(=O)O)cc2C)o1. The lowest BCUT2D eigenvalue weighted by Gasteiger charge is -2.25. The molecule has 2 atom stereocenters. The normalized spacial score (nSPS) is 17.6. The van der Waals surface area contributed by atoms with Crippen molar-refractivity contribution in [2.24, 2.45) is 0 Å². The number of carbonyl (C=O) groups excluding carboxylic acids is 1. The molecule has 170 valence electrons. The van der Waals surface area contributed by atoms with Crippen molar-refractivity contribution in [1.29, 1.82) is 0 Å². The number of thiocarbonyl (C=S) groups is 1. The average Bonchev–Trinajstić information content (AvgIpc) is 3.42. The highest BCUT2D eigenvalue weighted by Gasteiger charge is 2.41. The molecule has 3 aromatic rings. The van der Waals surface area contributed by atoms with Gasteiger partial charge in [0.1, 0.15) is 17.6 Å². The molecule has 3 heterocycles. The van der Waals surface area contributed by atoms with E-state index in [2.05, 4.69) is 10.3 Å². The van der Waals surface area contributed by atoms with Crippen molar-refractivity contribution in [3.05, 3.63) is 77.3 Å². The fourth-order valence-corrected chi connectivity index (χ4v) is 4.33. The maximum absolute atomic E-state index is 11.8. The molecule has 4 rings (SSSR count). The number of carboxylic acid groups (broad SMARTS) is 1. The van der Waals surface area contributed by atoms with Gasteiger partial charge in [-0.2, -0.15) is 0 Å². The predicted molar refractivity (Wildman–Crippen MR) is 125 cm³/mol. The van der Waals surface area contributed by atoms with Crippen LogP contribution in [0.15, 0.2) is 59.1 Å². The number of esters is 1. The number of nitrogens with zero attached hydrogens (tertiary/aromatic N) is 2. The molecule has 1 aromatic carbocycles. The third-order valence-electron chi connectivity index (χ3n) is 5.64. The minimum atomic E-state index is -0.977. The van der Waals surface area contributed by atoms with Gasteiger partial charge < -0.3 is 24.5 Å². The standard InChI is InChI=1S/C24H23N3O5S/c1-14-13-15(23(29)30)6-7-16(14)18-8-9-19(32-18)22-21(17-5-3-4-11-25-17)26-24(33)27(22)12-10-20(28)31-2/h3-9,11,13,21-22H,10,12H2,1-2H3,(H,26,33)(H,29,30)/t21-,22-/m1/s1. The van der Waals surface area contributed by atoms with Gasteiger partial charge in [0, 0.05) is 18.3 Å². The van der Waals surface area contributed by atoms with E-state index < -0.39 is 5.97 Å². The number of nitrogens with one attached hydrogen (secondary N) is 1. The van der Waals surface area contributed by atoms with Gasteiger partial charge in [-0.1, -0.05) is 12.1 Å². The number of hydrogen-bond acceptors (Lipinski definition) is 6. The van der Waals surface area contributed by atoms with Crippen LogP contribution in [-0.2, 0) is 9.53 Å². The molecule has 0 aliphatic carbocycles. The number of benzene rings is 1. The Morgan fingerprint density at radius 1 is 1.24 bits per heavy atom. The van der Waals surface area contributed by atoms with Crippen molar-refractivity contribution in [1.82, 2.24) is 15.2 Å². The lowest BCUT2D eigenvalue weighted by Crippen LogP contribution is -2.31. The Bertz CT molecular complexity index is 1190. The Hall–Kier alpha value is -3.72. The van der Waals surface area contributed by atoms with Crippen LogP contribution in [0.3, 0.4) is 0 Å². The van der Waals surface area contributed by atoms with Crippen molar-refractivity contribution in [2.45, 2.75) is 25.4 Å². The van der Waals surface area contributed by atoms with E-state index in [0.717, 1.165) is 16.8 Å². The maximum atomic E-state index is 11.8. The van der Waals surface area contributed by atoms with Crippen molar-refractivity contribution >= 4 is 29.3 Å². The van der Waals surface area contributed by atoms with Gasteiger partial charge in [0.05, 0.1) is 30.8 Å². The number of carboxylic acids is 1. The van der Waals surface area contributed by atoms with Gasteiger partial charge >= 0.3 is 11.9 Å². The second kappa shape index (κ2) is 9.41. The summed E-state index contributed by atoms with van der Waals surface area (Å²) in [6.07, 6.45) is 1.89. The topological polar surface area (TPSA) is 105 Å². The largest absolute Gasteiger partial charge is 0.478 e. The predicted octanol–water partition coefficient (Wildman–Crippen LogP) is 3.88. The van der Waals surface area contributed by atoms with Crippen LogP contribution in [0.1, 0.15) is 45.9 Å². The van der Waals surface area contributed by atoms with E-state index in [1.54, 1.807) is 24.4 Å². The molecule has 2 aromatic heterocycles. The molecule has 2 N–H and O–H groups in total. The van der Waals surface area contributed by atoms with Crippen molar-refractivity contribution in [3.63, 3.8) is 0 Å². The summed E-state index contributed by atoms with van der Waals surface area (Å²) in [6.45, 7) is 2.20. The van der Waals surface area contributed by atoms with Crippen LogP contribution in [0.25, 0.3) is 11.3 Å². The monoisotopic (exact) mass is 465 g/mol. The highest BCUT2D eigenvalue weighted by atomic mass is 32.1. The zero-order valence-electron chi connectivity index (χ0n) is 18.1. The van der Waals surface area contributed by atoms with Crippen molar-refractivity contribution < 1.29 is 23.8 Å². The first kappa shape index (κ1) is 22.5. The van der Waals surface area contributed by atoms with Gasteiger partial charge in [0.2, 0.25) is 0 Å². The molecule has 0 amide bonds. The van der Waals surface area contributed by atoms with Gasteiger partial charge in [-0.15, -0.1) is 0 Å². The first-order valence-corrected chi connectivity index (χ1v) is 10.8. The zero-order chi connectivity index (χ0) is 23.5. The number of pyridine rings is 1. The van der Waals surface area contributed by atoms with Crippen LogP contribution in [0, 0.1) is 6.92 Å². The highest BCUT2D eigenvalue weighted by molar-refractivity contribution is 7.80. The van der Waals surface area contributed by atoms with Crippen LogP contribution in [0.2, 0.25) is 0 Å². The molecule has 0 spiro atoms. The summed E-state index contributed by atoms with van der Waals surface area (Å²) in [5, 5.41) is 13.0. The van der Waals surface area contributed by atoms with Crippen molar-refractivity contribution in [2.75, 3.05) is 13.7 Å². The zero-order valence-corrected chi connectivity index (χ0v) is 19.0. The Kier molecular flexibility index (Phi) is 6.41. The first-order valence-electron chi connectivity index (χ1n) is 10.4. The van der Waals surface area contributed by atoms with E-state index in [9.17, 15) is 14.7 Å². The molecule has 1 fully saturated rings. The van der Waals surface area contributed by atoms with Crippen molar-refractivity contribution in [3.8, 4) is 11.3 Å². The first-order chi connectivity index (χ1) is 15.9. The molecule has 1 aliphatic heterocycles. The molecule has 0 saturated carbocycles. The number of methoxy groups -OCH3 is 1. The molecule has 33 heavy (non-hydrogen) atoms. The van der Waals surface area contributed by atoms with E-state index in [4.69, 9.17) is 21.4 Å². The number of aromatic carboxylic acids is 1. The van der Waals surface area contributed by atoms with Gasteiger partial charge in [0.15, 0.2) is 5.11 Å². The van der Waals surface area contributed by atoms with E-state index in [1.165, 1.54) is 7.11 Å². The molecule has 8 nitrogen and oxygen atoms in total. The lowest BCUT2D eigenvalue weighted by atomic mass is 10.0. The van der Waals surface area contributed by atoms with Gasteiger partial charge in [0.25, 0.3) is 0 Å². The van der Waals surface area contributed by atoms with E-state index >= 15 is 0 Å². The molecule has 0 bridgehead atoms. The van der Waals surface area contributed by atoms with Crippen LogP contribution in [0.4, 0.5) is 0 Å². The van der Waals surface area contributed by atoms with Crippen LogP contribution < -0.4 is 5.32 Å². The third kappa shape index (κ3) is 4.58. The molecule has 0 unspecified atom stereocenters. The summed E-state index contributed by atoms with van der Waals surface area (Å²) in [5.74, 6) is -0.0357. The van der Waals surface area contributed by atoms with Crippen LogP contribution in [-0.4, -0.2) is 45.7 Å². The molecule has 0 radical (unpaired) electrons. The molecule has 1 aliphatic rings. The fraction of sp³-hybridized carbons (Fsp3) is 0.250. The summed E-state index contributed by atoms with van der Waals surface area (Å²) >= 11 is 5.58. The quantitative estimate of drug-likeness (QED) is 0.397. The summed E-state index contributed by atoms with van der Waals surface area (Å²) < 4.78 is 11.1. The number of hydrogen-bond donors (Lipinski definition) is 2. The summed E-state index contributed by atoms with van der Waals surface area (Å²) in [4.78, 5) is 29.4. The summed E-state index contributed by atoms with van der Waals surface area (Å²) in [5.41, 5.74) is 2.61. The number of rotatable bonds is 7. The fourth-order valence-electron chi connectivity index (χ4n) is 4.00. The van der Waals surface area contributed by atoms with Gasteiger partial charge in [-0.3, -0.25) is 9.78 Å². The maximum Gasteiger partial charge on any atom is 0.335 e. The van der Waals surface area contributed by atoms with E-state index in [0.29, 0.717) is 23.2 Å². The smallest absolute Gasteiger partial charge is 0.335 e. The third-order valence-corrected chi connectivity index (χ3v) is 5.99. The summed E-state index contributed by atoms with van der Waals surface area (Å²) in [7, 11) is 1.35. The molecule has 9 heteroatoms. The van der Waals surface area contributed by atoms with E-state index in [1.807, 2.05) is 42.2 Å². The lowest BCUT2D eigenvalue weighted by molar-refractivity contribution is -0.140. The average molecular weight is 466 g/mol. The molecular formula is C24H23N3O5S. The second-order valence-electron chi connectivity index (χ2n) is 7.68. The van der Waals surface area contributed by atoms with Crippen LogP contribution >= 0.6 is 12.2 Å². The Morgan fingerprint density at radius 3 is 2.73 bits per heavy atom. The summed E-state index contributed by atoms with van der Waals surface area (Å²) in [6, 6.07) is 13.7. The molecule has 1 saturated heterocycles. The minimum Gasteiger partial charge on any atom is -0.478 e. The number of aromatic nitrogens is 1. The Labute approximate surface area is 196 Å². The number of carbonyl (C=O) groups is 2. The Morgan fingerprint density at radius 2 is 2.06 bits per heavy atom. The number of furan rings is 1. The molecular weight excluding hydrogens is 442 g/mol. The second-order valence-corrected chi connectivity index (χ2v) is 8.07. The van der Waals surface area contributed by atoms with Gasteiger partial charge in [-0.25, -0.2) is 4.79 Å². The number of aryl methyl sites for hydroxylation is 1. The van der Waals surface area contributed by atoms with Gasteiger partial charge in [-0.05, 0) is 61.1 Å². The number of ether oxygens (including phenoxy) is 1. The van der Waals surface area contributed by atoms with E-state index in [-0.39, 0.29) is 30.0 Å².